The highest BCUT2D eigenvalue weighted by molar-refractivity contribution is 7.89. The number of fused-ring (bicyclic) bond motifs is 1. The zero-order chi connectivity index (χ0) is 14.9. The van der Waals surface area contributed by atoms with Gasteiger partial charge in [0.25, 0.3) is 0 Å². The van der Waals surface area contributed by atoms with E-state index in [-0.39, 0.29) is 0 Å². The quantitative estimate of drug-likeness (QED) is 0.853. The summed E-state index contributed by atoms with van der Waals surface area (Å²) in [5, 5.41) is 1.56. The molecular weight excluding hydrogens is 284 g/mol. The lowest BCUT2D eigenvalue weighted by molar-refractivity contribution is 0.520. The van der Waals surface area contributed by atoms with Gasteiger partial charge in [-0.1, -0.05) is 31.0 Å². The van der Waals surface area contributed by atoms with Crippen molar-refractivity contribution in [2.24, 2.45) is 5.92 Å². The first-order valence-corrected chi connectivity index (χ1v) is 8.82. The average Bonchev–Trinajstić information content (AvgIpc) is 2.97. The van der Waals surface area contributed by atoms with Gasteiger partial charge in [-0.3, -0.25) is 0 Å². The van der Waals surface area contributed by atoms with Gasteiger partial charge in [-0.25, -0.2) is 13.1 Å². The van der Waals surface area contributed by atoms with Gasteiger partial charge in [-0.05, 0) is 42.3 Å². The van der Waals surface area contributed by atoms with E-state index in [1.165, 1.54) is 12.8 Å². The third-order valence-electron chi connectivity index (χ3n) is 4.19. The number of hydrogen-bond acceptors (Lipinski definition) is 3. The van der Waals surface area contributed by atoms with Crippen molar-refractivity contribution in [2.45, 2.75) is 30.6 Å². The maximum atomic E-state index is 12.5. The Morgan fingerprint density at radius 3 is 2.67 bits per heavy atom. The summed E-state index contributed by atoms with van der Waals surface area (Å²) in [6.45, 7) is 0.535. The molecule has 0 unspecified atom stereocenters. The standard InChI is InChI=1S/C16H20N2O2S/c17-14-8-9-15-13(10-14)6-3-7-16(15)21(19,20)18-11-12-4-1-2-5-12/h3,6-10,12,18H,1-2,4-5,11,17H2. The van der Waals surface area contributed by atoms with Gasteiger partial charge in [0.1, 0.15) is 0 Å². The molecule has 0 atom stereocenters. The Bertz CT molecular complexity index is 750. The van der Waals surface area contributed by atoms with E-state index in [1.54, 1.807) is 30.3 Å². The third-order valence-corrected chi connectivity index (χ3v) is 5.67. The molecule has 0 spiro atoms. The van der Waals surface area contributed by atoms with E-state index < -0.39 is 10.0 Å². The van der Waals surface area contributed by atoms with Crippen LogP contribution in [-0.2, 0) is 10.0 Å². The lowest BCUT2D eigenvalue weighted by Gasteiger charge is -2.13. The van der Waals surface area contributed by atoms with Crippen molar-refractivity contribution in [3.05, 3.63) is 36.4 Å². The first-order chi connectivity index (χ1) is 10.1. The number of nitrogens with two attached hydrogens (primary N) is 1. The number of sulfonamides is 1. The van der Waals surface area contributed by atoms with Gasteiger partial charge in [0.2, 0.25) is 10.0 Å². The van der Waals surface area contributed by atoms with Crippen molar-refractivity contribution in [1.82, 2.24) is 4.72 Å². The molecule has 1 aliphatic carbocycles. The highest BCUT2D eigenvalue weighted by Gasteiger charge is 2.21. The molecule has 0 aliphatic heterocycles. The smallest absolute Gasteiger partial charge is 0.241 e. The minimum Gasteiger partial charge on any atom is -0.399 e. The molecular formula is C16H20N2O2S. The summed E-state index contributed by atoms with van der Waals surface area (Å²) in [6.07, 6.45) is 4.66. The van der Waals surface area contributed by atoms with E-state index in [0.29, 0.717) is 28.4 Å². The Morgan fingerprint density at radius 1 is 1.14 bits per heavy atom. The maximum absolute atomic E-state index is 12.5. The van der Waals surface area contributed by atoms with Crippen LogP contribution in [0, 0.1) is 5.92 Å². The van der Waals surface area contributed by atoms with E-state index in [2.05, 4.69) is 4.72 Å². The lowest BCUT2D eigenvalue weighted by atomic mass is 10.1. The zero-order valence-corrected chi connectivity index (χ0v) is 12.7. The summed E-state index contributed by atoms with van der Waals surface area (Å²) in [5.74, 6) is 0.477. The summed E-state index contributed by atoms with van der Waals surface area (Å²) < 4.78 is 27.9. The second kappa shape index (κ2) is 5.66. The number of nitrogen functional groups attached to an aromatic ring is 1. The fourth-order valence-electron chi connectivity index (χ4n) is 3.03. The molecule has 21 heavy (non-hydrogen) atoms. The highest BCUT2D eigenvalue weighted by atomic mass is 32.2. The number of benzene rings is 2. The second-order valence-corrected chi connectivity index (χ2v) is 7.47. The van der Waals surface area contributed by atoms with Crippen LogP contribution in [-0.4, -0.2) is 15.0 Å². The van der Waals surface area contributed by atoms with E-state index in [4.69, 9.17) is 5.73 Å². The molecule has 5 heteroatoms. The third kappa shape index (κ3) is 3.04. The molecule has 1 saturated carbocycles. The molecule has 1 fully saturated rings. The van der Waals surface area contributed by atoms with Gasteiger partial charge in [0, 0.05) is 17.6 Å². The largest absolute Gasteiger partial charge is 0.399 e. The summed E-state index contributed by atoms with van der Waals surface area (Å²) in [5.41, 5.74) is 6.39. The van der Waals surface area contributed by atoms with Crippen LogP contribution in [0.3, 0.4) is 0 Å². The maximum Gasteiger partial charge on any atom is 0.241 e. The summed E-state index contributed by atoms with van der Waals surface area (Å²) in [6, 6.07) is 10.6. The van der Waals surface area contributed by atoms with E-state index in [0.717, 1.165) is 18.2 Å². The number of hydrogen-bond donors (Lipinski definition) is 2. The first-order valence-electron chi connectivity index (χ1n) is 7.34. The lowest BCUT2D eigenvalue weighted by Crippen LogP contribution is -2.28. The molecule has 0 amide bonds. The van der Waals surface area contributed by atoms with Crippen LogP contribution in [0.4, 0.5) is 5.69 Å². The molecule has 2 aromatic rings. The van der Waals surface area contributed by atoms with Gasteiger partial charge >= 0.3 is 0 Å². The zero-order valence-electron chi connectivity index (χ0n) is 11.9. The SMILES string of the molecule is Nc1ccc2c(S(=O)(=O)NCC3CCCC3)cccc2c1. The Morgan fingerprint density at radius 2 is 1.90 bits per heavy atom. The summed E-state index contributed by atoms with van der Waals surface area (Å²) in [7, 11) is -3.48. The Labute approximate surface area is 125 Å². The molecule has 4 nitrogen and oxygen atoms in total. The van der Waals surface area contributed by atoms with Crippen LogP contribution in [0.25, 0.3) is 10.8 Å². The van der Waals surface area contributed by atoms with Crippen LogP contribution in [0.5, 0.6) is 0 Å². The van der Waals surface area contributed by atoms with Gasteiger partial charge in [-0.15, -0.1) is 0 Å². The van der Waals surface area contributed by atoms with E-state index in [1.807, 2.05) is 6.07 Å². The monoisotopic (exact) mass is 304 g/mol. The number of anilines is 1. The van der Waals surface area contributed by atoms with Crippen LogP contribution in [0.1, 0.15) is 25.7 Å². The second-order valence-electron chi connectivity index (χ2n) is 5.74. The van der Waals surface area contributed by atoms with Crippen molar-refractivity contribution in [1.29, 1.82) is 0 Å². The topological polar surface area (TPSA) is 72.2 Å². The average molecular weight is 304 g/mol. The minimum atomic E-state index is -3.48. The Balaban J connectivity index is 1.91. The van der Waals surface area contributed by atoms with Crippen LogP contribution < -0.4 is 10.5 Å². The molecule has 0 aromatic heterocycles. The van der Waals surface area contributed by atoms with Crippen LogP contribution >= 0.6 is 0 Å². The molecule has 112 valence electrons. The molecule has 0 bridgehead atoms. The Hall–Kier alpha value is -1.59. The van der Waals surface area contributed by atoms with Crippen LogP contribution in [0.2, 0.25) is 0 Å². The Kier molecular flexibility index (Phi) is 3.87. The number of rotatable bonds is 4. The fourth-order valence-corrected chi connectivity index (χ4v) is 4.37. The van der Waals surface area contributed by atoms with Crippen molar-refractivity contribution in [2.75, 3.05) is 12.3 Å². The predicted octanol–water partition coefficient (Wildman–Crippen LogP) is 2.89. The molecule has 2 aromatic carbocycles. The van der Waals surface area contributed by atoms with Gasteiger partial charge < -0.3 is 5.73 Å². The van der Waals surface area contributed by atoms with Crippen molar-refractivity contribution in [3.8, 4) is 0 Å². The normalized spacial score (nSPS) is 16.6. The molecule has 3 N–H and O–H groups in total. The summed E-state index contributed by atoms with van der Waals surface area (Å²) in [4.78, 5) is 0.331. The van der Waals surface area contributed by atoms with E-state index in [9.17, 15) is 8.42 Å². The summed E-state index contributed by atoms with van der Waals surface area (Å²) >= 11 is 0. The predicted molar refractivity (Wildman–Crippen MR) is 85.5 cm³/mol. The molecule has 0 saturated heterocycles. The molecule has 0 heterocycles. The molecule has 3 rings (SSSR count). The van der Waals surface area contributed by atoms with Crippen molar-refractivity contribution < 1.29 is 8.42 Å². The molecule has 0 radical (unpaired) electrons. The highest BCUT2D eigenvalue weighted by Crippen LogP contribution is 2.27. The van der Waals surface area contributed by atoms with Crippen molar-refractivity contribution >= 4 is 26.5 Å². The van der Waals surface area contributed by atoms with E-state index >= 15 is 0 Å². The van der Waals surface area contributed by atoms with Gasteiger partial charge in [0.15, 0.2) is 0 Å². The van der Waals surface area contributed by atoms with Gasteiger partial charge in [-0.2, -0.15) is 0 Å². The van der Waals surface area contributed by atoms with Crippen molar-refractivity contribution in [3.63, 3.8) is 0 Å². The fraction of sp³-hybridized carbons (Fsp3) is 0.375. The van der Waals surface area contributed by atoms with Gasteiger partial charge in [0.05, 0.1) is 4.90 Å². The molecule has 1 aliphatic rings. The van der Waals surface area contributed by atoms with Crippen LogP contribution in [0.15, 0.2) is 41.3 Å². The number of nitrogens with one attached hydrogen (secondary N) is 1. The minimum absolute atomic E-state index is 0.331. The first kappa shape index (κ1) is 14.4.